The molecule has 0 aliphatic carbocycles. The van der Waals surface area contributed by atoms with Gasteiger partial charge in [-0.3, -0.25) is 4.90 Å². The van der Waals surface area contributed by atoms with Crippen molar-refractivity contribution in [3.8, 4) is 11.5 Å². The molecule has 0 aromatic heterocycles. The predicted octanol–water partition coefficient (Wildman–Crippen LogP) is 3.38. The lowest BCUT2D eigenvalue weighted by Gasteiger charge is -2.28. The monoisotopic (exact) mass is 311 g/mol. The normalized spacial score (nSPS) is 18.7. The molecular weight excluding hydrogens is 290 g/mol. The molecule has 1 fully saturated rings. The van der Waals surface area contributed by atoms with Gasteiger partial charge in [0.05, 0.1) is 7.11 Å². The maximum Gasteiger partial charge on any atom is 0.411 e. The molecule has 1 aromatic carbocycles. The van der Waals surface area contributed by atoms with Gasteiger partial charge in [0.15, 0.2) is 11.5 Å². The second-order valence-electron chi connectivity index (χ2n) is 5.83. The number of methoxy groups -OCH3 is 1. The second kappa shape index (κ2) is 6.05. The standard InChI is InChI=1S/C15H21NO4S/c1-15(2,3)20-14(18)16-7-8-21-13(16)10-5-6-12(19-4)11(17)9-10/h5-6,9,13,17H,7-8H2,1-4H3. The number of phenols is 1. The summed E-state index contributed by atoms with van der Waals surface area (Å²) in [4.78, 5) is 13.9. The van der Waals surface area contributed by atoms with E-state index in [1.54, 1.807) is 28.8 Å². The zero-order valence-electron chi connectivity index (χ0n) is 12.8. The third kappa shape index (κ3) is 3.75. The van der Waals surface area contributed by atoms with Gasteiger partial charge in [0.1, 0.15) is 11.0 Å². The van der Waals surface area contributed by atoms with Crippen molar-refractivity contribution in [3.63, 3.8) is 0 Å². The first-order chi connectivity index (χ1) is 9.81. The maximum atomic E-state index is 12.3. The van der Waals surface area contributed by atoms with E-state index in [1.807, 2.05) is 26.8 Å². The molecule has 1 aromatic rings. The van der Waals surface area contributed by atoms with Crippen LogP contribution in [0.15, 0.2) is 18.2 Å². The molecular formula is C15H21NO4S. The molecule has 1 aliphatic rings. The van der Waals surface area contributed by atoms with Gasteiger partial charge in [0, 0.05) is 12.3 Å². The first-order valence-electron chi connectivity index (χ1n) is 6.80. The van der Waals surface area contributed by atoms with Crippen LogP contribution < -0.4 is 4.74 Å². The van der Waals surface area contributed by atoms with Gasteiger partial charge in [-0.2, -0.15) is 0 Å². The summed E-state index contributed by atoms with van der Waals surface area (Å²) in [6.07, 6.45) is -0.326. The van der Waals surface area contributed by atoms with Crippen molar-refractivity contribution >= 4 is 17.9 Å². The molecule has 2 rings (SSSR count). The van der Waals surface area contributed by atoms with E-state index in [0.29, 0.717) is 12.3 Å². The van der Waals surface area contributed by atoms with E-state index in [9.17, 15) is 9.90 Å². The van der Waals surface area contributed by atoms with Crippen LogP contribution in [0.5, 0.6) is 11.5 Å². The lowest BCUT2D eigenvalue weighted by Crippen LogP contribution is -2.36. The van der Waals surface area contributed by atoms with Crippen molar-refractivity contribution < 1.29 is 19.4 Å². The number of phenolic OH excluding ortho intramolecular Hbond substituents is 1. The molecule has 1 atom stereocenters. The fraction of sp³-hybridized carbons (Fsp3) is 0.533. The molecule has 0 spiro atoms. The smallest absolute Gasteiger partial charge is 0.411 e. The van der Waals surface area contributed by atoms with Crippen molar-refractivity contribution in [3.05, 3.63) is 23.8 Å². The summed E-state index contributed by atoms with van der Waals surface area (Å²) in [5, 5.41) is 9.75. The lowest BCUT2D eigenvalue weighted by atomic mass is 10.2. The van der Waals surface area contributed by atoms with Crippen LogP contribution in [-0.2, 0) is 4.74 Å². The van der Waals surface area contributed by atoms with Gasteiger partial charge in [0.25, 0.3) is 0 Å². The highest BCUT2D eigenvalue weighted by Gasteiger charge is 2.34. The number of hydrogen-bond acceptors (Lipinski definition) is 5. The number of rotatable bonds is 2. The molecule has 21 heavy (non-hydrogen) atoms. The largest absolute Gasteiger partial charge is 0.504 e. The van der Waals surface area contributed by atoms with Crippen LogP contribution in [-0.4, -0.2) is 41.1 Å². The average molecular weight is 311 g/mol. The van der Waals surface area contributed by atoms with Crippen LogP contribution in [0.1, 0.15) is 31.7 Å². The minimum atomic E-state index is -0.517. The van der Waals surface area contributed by atoms with E-state index in [0.717, 1.165) is 11.3 Å². The molecule has 5 nitrogen and oxygen atoms in total. The molecule has 6 heteroatoms. The highest BCUT2D eigenvalue weighted by Crippen LogP contribution is 2.41. The molecule has 116 valence electrons. The van der Waals surface area contributed by atoms with E-state index in [1.165, 1.54) is 7.11 Å². The molecule has 1 N–H and O–H groups in total. The van der Waals surface area contributed by atoms with Gasteiger partial charge >= 0.3 is 6.09 Å². The van der Waals surface area contributed by atoms with Crippen molar-refractivity contribution in [2.24, 2.45) is 0 Å². The van der Waals surface area contributed by atoms with E-state index >= 15 is 0 Å². The number of carbonyl (C=O) groups is 1. The van der Waals surface area contributed by atoms with Crippen LogP contribution in [0.2, 0.25) is 0 Å². The Morgan fingerprint density at radius 2 is 2.14 bits per heavy atom. The molecule has 0 saturated carbocycles. The molecule has 1 unspecified atom stereocenters. The van der Waals surface area contributed by atoms with Crippen LogP contribution in [0.4, 0.5) is 4.79 Å². The Hall–Kier alpha value is -1.56. The minimum absolute atomic E-state index is 0.0756. The number of thioether (sulfide) groups is 1. The predicted molar refractivity (Wildman–Crippen MR) is 82.8 cm³/mol. The molecule has 1 saturated heterocycles. The van der Waals surface area contributed by atoms with Gasteiger partial charge in [-0.15, -0.1) is 11.8 Å². The van der Waals surface area contributed by atoms with Crippen LogP contribution in [0.25, 0.3) is 0 Å². The quantitative estimate of drug-likeness (QED) is 0.907. The molecule has 1 amide bonds. The first-order valence-corrected chi connectivity index (χ1v) is 7.85. The van der Waals surface area contributed by atoms with Crippen LogP contribution in [0.3, 0.4) is 0 Å². The van der Waals surface area contributed by atoms with Crippen molar-refractivity contribution in [1.29, 1.82) is 0 Å². The number of nitrogens with zero attached hydrogens (tertiary/aromatic N) is 1. The Bertz CT molecular complexity index is 527. The summed E-state index contributed by atoms with van der Waals surface area (Å²) in [6.45, 7) is 6.18. The number of amides is 1. The van der Waals surface area contributed by atoms with Gasteiger partial charge in [-0.1, -0.05) is 6.07 Å². The number of ether oxygens (including phenoxy) is 2. The fourth-order valence-electron chi connectivity index (χ4n) is 2.11. The zero-order valence-corrected chi connectivity index (χ0v) is 13.6. The maximum absolute atomic E-state index is 12.3. The van der Waals surface area contributed by atoms with Gasteiger partial charge in [-0.25, -0.2) is 4.79 Å². The SMILES string of the molecule is COc1ccc(C2SCCN2C(=O)OC(C)(C)C)cc1O. The summed E-state index contributed by atoms with van der Waals surface area (Å²) in [6, 6.07) is 5.20. The van der Waals surface area contributed by atoms with Crippen molar-refractivity contribution in [1.82, 2.24) is 4.90 Å². The Labute approximate surface area is 129 Å². The Kier molecular flexibility index (Phi) is 4.56. The van der Waals surface area contributed by atoms with E-state index in [-0.39, 0.29) is 17.2 Å². The van der Waals surface area contributed by atoms with Gasteiger partial charge in [0.2, 0.25) is 0 Å². The van der Waals surface area contributed by atoms with Gasteiger partial charge < -0.3 is 14.6 Å². The summed E-state index contributed by atoms with van der Waals surface area (Å²) in [5.74, 6) is 1.34. The van der Waals surface area contributed by atoms with Gasteiger partial charge in [-0.05, 0) is 38.5 Å². The number of benzene rings is 1. The Morgan fingerprint density at radius 1 is 1.43 bits per heavy atom. The highest BCUT2D eigenvalue weighted by atomic mass is 32.2. The Morgan fingerprint density at radius 3 is 2.71 bits per heavy atom. The third-order valence-corrected chi connectivity index (χ3v) is 4.27. The summed E-state index contributed by atoms with van der Waals surface area (Å²) in [7, 11) is 1.51. The molecule has 0 bridgehead atoms. The van der Waals surface area contributed by atoms with E-state index in [4.69, 9.17) is 9.47 Å². The van der Waals surface area contributed by atoms with E-state index in [2.05, 4.69) is 0 Å². The zero-order chi connectivity index (χ0) is 15.6. The lowest BCUT2D eigenvalue weighted by molar-refractivity contribution is 0.0253. The van der Waals surface area contributed by atoms with Crippen molar-refractivity contribution in [2.75, 3.05) is 19.4 Å². The summed E-state index contributed by atoms with van der Waals surface area (Å²) < 4.78 is 10.5. The Balaban J connectivity index is 2.18. The summed E-state index contributed by atoms with van der Waals surface area (Å²) >= 11 is 1.65. The van der Waals surface area contributed by atoms with Crippen LogP contribution >= 0.6 is 11.8 Å². The topological polar surface area (TPSA) is 59.0 Å². The highest BCUT2D eigenvalue weighted by molar-refractivity contribution is 7.99. The second-order valence-corrected chi connectivity index (χ2v) is 7.02. The fourth-order valence-corrected chi connectivity index (χ4v) is 3.35. The number of carbonyl (C=O) groups excluding carboxylic acids is 1. The average Bonchev–Trinajstić information content (AvgIpc) is 2.85. The number of hydrogen-bond donors (Lipinski definition) is 1. The number of aromatic hydroxyl groups is 1. The molecule has 0 radical (unpaired) electrons. The van der Waals surface area contributed by atoms with Crippen molar-refractivity contribution in [2.45, 2.75) is 31.7 Å². The van der Waals surface area contributed by atoms with E-state index < -0.39 is 5.60 Å². The summed E-state index contributed by atoms with van der Waals surface area (Å²) in [5.41, 5.74) is 0.346. The van der Waals surface area contributed by atoms with Crippen LogP contribution in [0, 0.1) is 0 Å². The minimum Gasteiger partial charge on any atom is -0.504 e. The molecule has 1 aliphatic heterocycles. The first kappa shape index (κ1) is 15.8. The third-order valence-electron chi connectivity index (χ3n) is 3.01. The molecule has 1 heterocycles.